The van der Waals surface area contributed by atoms with Crippen LogP contribution in [0.2, 0.25) is 5.02 Å². The van der Waals surface area contributed by atoms with Gasteiger partial charge >= 0.3 is 5.97 Å². The molecule has 0 aliphatic heterocycles. The van der Waals surface area contributed by atoms with E-state index in [-0.39, 0.29) is 11.4 Å². The number of rotatable bonds is 5. The van der Waals surface area contributed by atoms with Crippen LogP contribution in [-0.2, 0) is 16.6 Å². The van der Waals surface area contributed by atoms with Gasteiger partial charge in [0.2, 0.25) is 0 Å². The van der Waals surface area contributed by atoms with Crippen LogP contribution in [0.5, 0.6) is 0 Å². The van der Waals surface area contributed by atoms with Crippen LogP contribution in [0.15, 0.2) is 36.4 Å². The lowest BCUT2D eigenvalue weighted by molar-refractivity contribution is 0.0523. The van der Waals surface area contributed by atoms with Crippen LogP contribution in [0, 0.1) is 0 Å². The molecule has 0 saturated heterocycles. The van der Waals surface area contributed by atoms with E-state index in [1.807, 2.05) is 37.3 Å². The highest BCUT2D eigenvalue weighted by Gasteiger charge is 2.42. The maximum atomic E-state index is 12.4. The van der Waals surface area contributed by atoms with Gasteiger partial charge in [-0.2, -0.15) is 0 Å². The molecule has 126 valence electrons. The molecule has 3 rings (SSSR count). The summed E-state index contributed by atoms with van der Waals surface area (Å²) < 4.78 is 5.28. The first-order valence-corrected chi connectivity index (χ1v) is 9.03. The third-order valence-electron chi connectivity index (χ3n) is 5.36. The lowest BCUT2D eigenvalue weighted by Crippen LogP contribution is -2.39. The predicted octanol–water partition coefficient (Wildman–Crippen LogP) is 5.80. The van der Waals surface area contributed by atoms with Gasteiger partial charge in [-0.1, -0.05) is 43.6 Å². The molecule has 2 nitrogen and oxygen atoms in total. The average molecular weight is 343 g/mol. The highest BCUT2D eigenvalue weighted by atomic mass is 35.5. The van der Waals surface area contributed by atoms with Gasteiger partial charge in [0.1, 0.15) is 0 Å². The fraction of sp³-hybridized carbons (Fsp3) is 0.381. The molecule has 0 N–H and O–H groups in total. The Morgan fingerprint density at radius 1 is 1.08 bits per heavy atom. The van der Waals surface area contributed by atoms with Crippen molar-refractivity contribution in [2.45, 2.75) is 45.4 Å². The van der Waals surface area contributed by atoms with Gasteiger partial charge in [0.15, 0.2) is 0 Å². The van der Waals surface area contributed by atoms with Crippen molar-refractivity contribution in [1.29, 1.82) is 0 Å². The van der Waals surface area contributed by atoms with Crippen molar-refractivity contribution >= 4 is 17.6 Å². The summed E-state index contributed by atoms with van der Waals surface area (Å²) in [4.78, 5) is 12.4. The van der Waals surface area contributed by atoms with E-state index in [0.717, 1.165) is 41.5 Å². The number of esters is 1. The van der Waals surface area contributed by atoms with Gasteiger partial charge < -0.3 is 4.74 Å². The van der Waals surface area contributed by atoms with E-state index in [4.69, 9.17) is 16.3 Å². The van der Waals surface area contributed by atoms with Crippen molar-refractivity contribution in [3.05, 3.63) is 58.1 Å². The number of ether oxygens (including phenoxy) is 1. The maximum absolute atomic E-state index is 12.4. The summed E-state index contributed by atoms with van der Waals surface area (Å²) in [5.41, 5.74) is 5.51. The zero-order valence-electron chi connectivity index (χ0n) is 14.5. The third-order valence-corrected chi connectivity index (χ3v) is 5.61. The molecular formula is C21H23ClO2. The molecule has 2 aromatic carbocycles. The van der Waals surface area contributed by atoms with E-state index >= 15 is 0 Å². The van der Waals surface area contributed by atoms with Gasteiger partial charge in [0.25, 0.3) is 0 Å². The smallest absolute Gasteiger partial charge is 0.338 e. The Bertz CT molecular complexity index is 758. The summed E-state index contributed by atoms with van der Waals surface area (Å²) >= 11 is 6.01. The molecule has 0 atom stereocenters. The molecule has 0 amide bonds. The molecule has 0 spiro atoms. The lowest BCUT2D eigenvalue weighted by atomic mass is 9.59. The van der Waals surface area contributed by atoms with Crippen LogP contribution in [0.1, 0.15) is 55.1 Å². The number of benzene rings is 2. The molecule has 0 radical (unpaired) electrons. The second-order valence-electron chi connectivity index (χ2n) is 6.44. The number of carbonyl (C=O) groups is 1. The molecule has 1 aliphatic carbocycles. The van der Waals surface area contributed by atoms with Gasteiger partial charge in [-0.15, -0.1) is 0 Å². The summed E-state index contributed by atoms with van der Waals surface area (Å²) in [5.74, 6) is -0.217. The maximum Gasteiger partial charge on any atom is 0.338 e. The van der Waals surface area contributed by atoms with Crippen LogP contribution < -0.4 is 0 Å². The SMILES string of the molecule is CCOC(=O)c1cc(-c2ccc(Cl)cc2)cc2c1CC2(CC)CC. The molecule has 3 heteroatoms. The number of hydrogen-bond donors (Lipinski definition) is 0. The number of carbonyl (C=O) groups excluding carboxylic acids is 1. The predicted molar refractivity (Wildman–Crippen MR) is 98.8 cm³/mol. The highest BCUT2D eigenvalue weighted by molar-refractivity contribution is 6.30. The van der Waals surface area contributed by atoms with E-state index in [1.165, 1.54) is 5.56 Å². The van der Waals surface area contributed by atoms with Crippen molar-refractivity contribution in [3.63, 3.8) is 0 Å². The standard InChI is InChI=1S/C21H23ClO2/c1-4-21(5-2)13-18-17(20(23)24-6-3)11-15(12-19(18)21)14-7-9-16(22)10-8-14/h7-12H,4-6,13H2,1-3H3. The minimum Gasteiger partial charge on any atom is -0.462 e. The zero-order chi connectivity index (χ0) is 17.3. The molecule has 0 saturated carbocycles. The van der Waals surface area contributed by atoms with Gasteiger partial charge in [0.05, 0.1) is 12.2 Å². The van der Waals surface area contributed by atoms with Crippen molar-refractivity contribution in [2.75, 3.05) is 6.61 Å². The quantitative estimate of drug-likeness (QED) is 0.642. The Balaban J connectivity index is 2.14. The molecule has 0 fully saturated rings. The van der Waals surface area contributed by atoms with Crippen LogP contribution in [0.3, 0.4) is 0 Å². The summed E-state index contributed by atoms with van der Waals surface area (Å²) in [6, 6.07) is 12.0. The topological polar surface area (TPSA) is 26.3 Å². The van der Waals surface area contributed by atoms with Crippen LogP contribution in [0.4, 0.5) is 0 Å². The average Bonchev–Trinajstić information content (AvgIpc) is 2.57. The Morgan fingerprint density at radius 3 is 2.33 bits per heavy atom. The van der Waals surface area contributed by atoms with Crippen molar-refractivity contribution in [3.8, 4) is 11.1 Å². The van der Waals surface area contributed by atoms with Crippen molar-refractivity contribution in [2.24, 2.45) is 0 Å². The third kappa shape index (κ3) is 2.73. The molecule has 0 unspecified atom stereocenters. The first kappa shape index (κ1) is 17.0. The van der Waals surface area contributed by atoms with Crippen LogP contribution in [-0.4, -0.2) is 12.6 Å². The summed E-state index contributed by atoms with van der Waals surface area (Å²) in [6.07, 6.45) is 3.13. The molecule has 2 aromatic rings. The van der Waals surface area contributed by atoms with Crippen LogP contribution in [0.25, 0.3) is 11.1 Å². The monoisotopic (exact) mass is 342 g/mol. The summed E-state index contributed by atoms with van der Waals surface area (Å²) in [6.45, 7) is 6.69. The summed E-state index contributed by atoms with van der Waals surface area (Å²) in [7, 11) is 0. The Morgan fingerprint density at radius 2 is 1.75 bits per heavy atom. The summed E-state index contributed by atoms with van der Waals surface area (Å²) in [5, 5.41) is 0.713. The van der Waals surface area contributed by atoms with Gasteiger partial charge in [-0.3, -0.25) is 0 Å². The Labute approximate surface area is 148 Å². The number of hydrogen-bond acceptors (Lipinski definition) is 2. The van der Waals surface area contributed by atoms with Gasteiger partial charge in [-0.05, 0) is 72.1 Å². The molecule has 24 heavy (non-hydrogen) atoms. The first-order valence-electron chi connectivity index (χ1n) is 8.65. The van der Waals surface area contributed by atoms with E-state index < -0.39 is 0 Å². The largest absolute Gasteiger partial charge is 0.462 e. The molecular weight excluding hydrogens is 320 g/mol. The van der Waals surface area contributed by atoms with Gasteiger partial charge in [-0.25, -0.2) is 4.79 Å². The number of fused-ring (bicyclic) bond motifs is 1. The zero-order valence-corrected chi connectivity index (χ0v) is 15.2. The van der Waals surface area contributed by atoms with E-state index in [1.54, 1.807) is 0 Å². The van der Waals surface area contributed by atoms with Crippen molar-refractivity contribution in [1.82, 2.24) is 0 Å². The van der Waals surface area contributed by atoms with E-state index in [9.17, 15) is 4.79 Å². The molecule has 0 aromatic heterocycles. The molecule has 0 heterocycles. The van der Waals surface area contributed by atoms with Gasteiger partial charge in [0, 0.05) is 5.02 Å². The Kier molecular flexibility index (Phi) is 4.69. The number of halogens is 1. The van der Waals surface area contributed by atoms with Crippen LogP contribution >= 0.6 is 11.6 Å². The molecule has 1 aliphatic rings. The van der Waals surface area contributed by atoms with Crippen molar-refractivity contribution < 1.29 is 9.53 Å². The second kappa shape index (κ2) is 6.60. The molecule has 0 bridgehead atoms. The van der Waals surface area contributed by atoms with E-state index in [0.29, 0.717) is 11.6 Å². The van der Waals surface area contributed by atoms with E-state index in [2.05, 4.69) is 19.9 Å². The highest BCUT2D eigenvalue weighted by Crippen LogP contribution is 2.49. The first-order chi connectivity index (χ1) is 11.5. The fourth-order valence-corrected chi connectivity index (χ4v) is 3.87. The normalized spacial score (nSPS) is 14.7. The minimum absolute atomic E-state index is 0.193. The lowest BCUT2D eigenvalue weighted by Gasteiger charge is -2.44. The Hall–Kier alpha value is -1.80. The minimum atomic E-state index is -0.217. The fourth-order valence-electron chi connectivity index (χ4n) is 3.74. The second-order valence-corrected chi connectivity index (χ2v) is 6.88.